The normalized spacial score (nSPS) is 20.9. The number of aromatic nitrogens is 2. The van der Waals surface area contributed by atoms with Gasteiger partial charge in [0.1, 0.15) is 17.0 Å². The van der Waals surface area contributed by atoms with Gasteiger partial charge in [-0.15, -0.1) is 0 Å². The first-order valence-corrected chi connectivity index (χ1v) is 6.05. The van der Waals surface area contributed by atoms with Gasteiger partial charge in [0, 0.05) is 12.2 Å². The Morgan fingerprint density at radius 2 is 2.44 bits per heavy atom. The van der Waals surface area contributed by atoms with Gasteiger partial charge in [-0.3, -0.25) is 9.69 Å². The highest BCUT2D eigenvalue weighted by Gasteiger charge is 2.28. The summed E-state index contributed by atoms with van der Waals surface area (Å²) in [6, 6.07) is 1.26. The topological polar surface area (TPSA) is 81.3 Å². The molecule has 0 radical (unpaired) electrons. The molecule has 1 aromatic rings. The van der Waals surface area contributed by atoms with Crippen LogP contribution >= 0.6 is 11.6 Å². The van der Waals surface area contributed by atoms with Crippen molar-refractivity contribution < 1.29 is 9.53 Å². The molecule has 98 valence electrons. The van der Waals surface area contributed by atoms with E-state index in [0.29, 0.717) is 37.3 Å². The van der Waals surface area contributed by atoms with Crippen LogP contribution in [0.15, 0.2) is 6.07 Å². The van der Waals surface area contributed by atoms with E-state index in [4.69, 9.17) is 22.1 Å². The SMILES string of the molecule is Cc1cc(Cl)nc(CN2CCOCC2C(N)=O)n1. The second kappa shape index (κ2) is 5.60. The number of primary amides is 1. The van der Waals surface area contributed by atoms with Crippen LogP contribution < -0.4 is 5.73 Å². The van der Waals surface area contributed by atoms with Crippen molar-refractivity contribution in [2.45, 2.75) is 19.5 Å². The van der Waals surface area contributed by atoms with Gasteiger partial charge in [-0.05, 0) is 13.0 Å². The maximum Gasteiger partial charge on any atom is 0.237 e. The van der Waals surface area contributed by atoms with Crippen LogP contribution in [0.2, 0.25) is 5.15 Å². The van der Waals surface area contributed by atoms with Crippen LogP contribution in [-0.2, 0) is 16.1 Å². The molecule has 2 N–H and O–H groups in total. The standard InChI is InChI=1S/C11H15ClN4O2/c1-7-4-9(12)15-10(14-7)5-16-2-3-18-6-8(16)11(13)17/h4,8H,2-3,5-6H2,1H3,(H2,13,17). The monoisotopic (exact) mass is 270 g/mol. The third-order valence-electron chi connectivity index (χ3n) is 2.78. The van der Waals surface area contributed by atoms with E-state index >= 15 is 0 Å². The number of aryl methyl sites for hydroxylation is 1. The van der Waals surface area contributed by atoms with Crippen LogP contribution in [0, 0.1) is 6.92 Å². The Labute approximate surface area is 110 Å². The van der Waals surface area contributed by atoms with Gasteiger partial charge in [-0.25, -0.2) is 9.97 Å². The van der Waals surface area contributed by atoms with Crippen LogP contribution in [-0.4, -0.2) is 46.6 Å². The number of ether oxygens (including phenoxy) is 1. The number of nitrogens with zero attached hydrogens (tertiary/aromatic N) is 3. The van der Waals surface area contributed by atoms with E-state index < -0.39 is 11.9 Å². The molecule has 0 aromatic carbocycles. The lowest BCUT2D eigenvalue weighted by Crippen LogP contribution is -2.52. The molecule has 2 heterocycles. The molecule has 6 nitrogen and oxygen atoms in total. The highest BCUT2D eigenvalue weighted by molar-refractivity contribution is 6.29. The fourth-order valence-electron chi connectivity index (χ4n) is 1.93. The summed E-state index contributed by atoms with van der Waals surface area (Å²) in [7, 11) is 0. The first-order chi connectivity index (χ1) is 8.56. The summed E-state index contributed by atoms with van der Waals surface area (Å²) in [6.45, 7) is 3.81. The first-order valence-electron chi connectivity index (χ1n) is 5.67. The molecule has 1 fully saturated rings. The van der Waals surface area contributed by atoms with E-state index in [1.54, 1.807) is 6.07 Å². The summed E-state index contributed by atoms with van der Waals surface area (Å²) in [5.74, 6) is 0.196. The zero-order valence-corrected chi connectivity index (χ0v) is 10.9. The molecule has 0 bridgehead atoms. The van der Waals surface area contributed by atoms with Gasteiger partial charge in [0.15, 0.2) is 0 Å². The van der Waals surface area contributed by atoms with Crippen molar-refractivity contribution in [2.75, 3.05) is 19.8 Å². The molecule has 7 heteroatoms. The maximum absolute atomic E-state index is 11.3. The zero-order valence-electron chi connectivity index (χ0n) is 10.1. The molecule has 1 aliphatic heterocycles. The number of nitrogens with two attached hydrogens (primary N) is 1. The average molecular weight is 271 g/mol. The molecular weight excluding hydrogens is 256 g/mol. The Bertz CT molecular complexity index is 434. The van der Waals surface area contributed by atoms with Gasteiger partial charge in [0.05, 0.1) is 19.8 Å². The van der Waals surface area contributed by atoms with E-state index in [9.17, 15) is 4.79 Å². The fourth-order valence-corrected chi connectivity index (χ4v) is 2.19. The molecule has 2 rings (SSSR count). The van der Waals surface area contributed by atoms with Crippen molar-refractivity contribution >= 4 is 17.5 Å². The molecule has 1 amide bonds. The van der Waals surface area contributed by atoms with Crippen molar-refractivity contribution in [3.05, 3.63) is 22.7 Å². The quantitative estimate of drug-likeness (QED) is 0.790. The van der Waals surface area contributed by atoms with Crippen molar-refractivity contribution in [2.24, 2.45) is 5.73 Å². The zero-order chi connectivity index (χ0) is 13.1. The lowest BCUT2D eigenvalue weighted by molar-refractivity contribution is -0.129. The van der Waals surface area contributed by atoms with Crippen LogP contribution in [0.4, 0.5) is 0 Å². The van der Waals surface area contributed by atoms with Crippen LogP contribution in [0.5, 0.6) is 0 Å². The maximum atomic E-state index is 11.3. The number of carbonyl (C=O) groups is 1. The largest absolute Gasteiger partial charge is 0.378 e. The molecular formula is C11H15ClN4O2. The van der Waals surface area contributed by atoms with E-state index in [0.717, 1.165) is 5.69 Å². The number of hydrogen-bond donors (Lipinski definition) is 1. The van der Waals surface area contributed by atoms with Crippen LogP contribution in [0.3, 0.4) is 0 Å². The van der Waals surface area contributed by atoms with Crippen molar-refractivity contribution in [1.29, 1.82) is 0 Å². The number of halogens is 1. The fraction of sp³-hybridized carbons (Fsp3) is 0.545. The van der Waals surface area contributed by atoms with E-state index in [-0.39, 0.29) is 0 Å². The van der Waals surface area contributed by atoms with E-state index in [2.05, 4.69) is 9.97 Å². The summed E-state index contributed by atoms with van der Waals surface area (Å²) >= 11 is 5.88. The Balaban J connectivity index is 2.13. The van der Waals surface area contributed by atoms with Gasteiger partial charge in [0.2, 0.25) is 5.91 Å². The Morgan fingerprint density at radius 3 is 3.11 bits per heavy atom. The molecule has 0 saturated carbocycles. The Hall–Kier alpha value is -1.24. The highest BCUT2D eigenvalue weighted by Crippen LogP contribution is 2.12. The molecule has 0 spiro atoms. The number of hydrogen-bond acceptors (Lipinski definition) is 5. The molecule has 1 aromatic heterocycles. The molecule has 18 heavy (non-hydrogen) atoms. The third kappa shape index (κ3) is 3.16. The molecule has 1 unspecified atom stereocenters. The Morgan fingerprint density at radius 1 is 1.67 bits per heavy atom. The van der Waals surface area contributed by atoms with Crippen LogP contribution in [0.1, 0.15) is 11.5 Å². The number of amides is 1. The summed E-state index contributed by atoms with van der Waals surface area (Å²) in [4.78, 5) is 21.7. The predicted molar refractivity (Wildman–Crippen MR) is 66.0 cm³/mol. The lowest BCUT2D eigenvalue weighted by Gasteiger charge is -2.32. The highest BCUT2D eigenvalue weighted by atomic mass is 35.5. The first kappa shape index (κ1) is 13.2. The summed E-state index contributed by atoms with van der Waals surface area (Å²) in [5, 5.41) is 0.404. The van der Waals surface area contributed by atoms with E-state index in [1.165, 1.54) is 0 Å². The van der Waals surface area contributed by atoms with Crippen LogP contribution in [0.25, 0.3) is 0 Å². The minimum absolute atomic E-state index is 0.314. The molecule has 0 aliphatic carbocycles. The van der Waals surface area contributed by atoms with Gasteiger partial charge in [-0.2, -0.15) is 0 Å². The smallest absolute Gasteiger partial charge is 0.237 e. The summed E-state index contributed by atoms with van der Waals surface area (Å²) < 4.78 is 5.25. The van der Waals surface area contributed by atoms with Gasteiger partial charge in [-0.1, -0.05) is 11.6 Å². The number of carbonyl (C=O) groups excluding carboxylic acids is 1. The van der Waals surface area contributed by atoms with E-state index in [1.807, 2.05) is 11.8 Å². The number of morpholine rings is 1. The van der Waals surface area contributed by atoms with Crippen molar-refractivity contribution in [3.63, 3.8) is 0 Å². The minimum atomic E-state index is -0.429. The average Bonchev–Trinajstić information content (AvgIpc) is 2.27. The second-order valence-electron chi connectivity index (χ2n) is 4.21. The third-order valence-corrected chi connectivity index (χ3v) is 2.98. The molecule has 1 saturated heterocycles. The summed E-state index contributed by atoms with van der Waals surface area (Å²) in [6.07, 6.45) is 0. The van der Waals surface area contributed by atoms with Gasteiger partial charge in [0.25, 0.3) is 0 Å². The van der Waals surface area contributed by atoms with Crippen molar-refractivity contribution in [1.82, 2.24) is 14.9 Å². The summed E-state index contributed by atoms with van der Waals surface area (Å²) in [5.41, 5.74) is 6.14. The molecule has 1 aliphatic rings. The predicted octanol–water partition coefficient (Wildman–Crippen LogP) is 0.125. The lowest BCUT2D eigenvalue weighted by atomic mass is 10.2. The number of rotatable bonds is 3. The van der Waals surface area contributed by atoms with Gasteiger partial charge >= 0.3 is 0 Å². The second-order valence-corrected chi connectivity index (χ2v) is 4.60. The minimum Gasteiger partial charge on any atom is -0.378 e. The Kier molecular flexibility index (Phi) is 4.11. The van der Waals surface area contributed by atoms with Crippen molar-refractivity contribution in [3.8, 4) is 0 Å². The molecule has 1 atom stereocenters. The van der Waals surface area contributed by atoms with Gasteiger partial charge < -0.3 is 10.5 Å².